The molecule has 4 aromatic carbocycles. The van der Waals surface area contributed by atoms with Crippen molar-refractivity contribution in [3.63, 3.8) is 0 Å². The van der Waals surface area contributed by atoms with Gasteiger partial charge in [0.05, 0.1) is 0 Å². The summed E-state index contributed by atoms with van der Waals surface area (Å²) in [6.45, 7) is 0. The van der Waals surface area contributed by atoms with Gasteiger partial charge in [-0.15, -0.1) is 0 Å². The maximum absolute atomic E-state index is 8.87. The van der Waals surface area contributed by atoms with E-state index in [-0.39, 0.29) is 30.9 Å². The van der Waals surface area contributed by atoms with E-state index in [4.69, 9.17) is 23.3 Å². The Morgan fingerprint density at radius 1 is 0.516 bits per heavy atom. The number of hydrogen-bond donors (Lipinski definition) is 0. The average Bonchev–Trinajstić information content (AvgIpc) is 3.46. The fourth-order valence-corrected chi connectivity index (χ4v) is 5.15. The second-order valence-corrected chi connectivity index (χ2v) is 8.21. The third-order valence-electron chi connectivity index (χ3n) is 4.24. The molecule has 0 N–H and O–H groups in total. The zero-order chi connectivity index (χ0) is 35.4. The number of nitrogens with zero attached hydrogens (tertiary/aromatic N) is 3. The first-order chi connectivity index (χ1) is 22.4. The number of aromatic nitrogens is 3. The topological polar surface area (TPSA) is 38.7 Å². The summed E-state index contributed by atoms with van der Waals surface area (Å²) in [6.07, 6.45) is 0. The van der Waals surface area contributed by atoms with Crippen LogP contribution >= 0.6 is 0 Å². The summed E-state index contributed by atoms with van der Waals surface area (Å²) < 4.78 is 142. The van der Waals surface area contributed by atoms with E-state index < -0.39 is 140 Å². The van der Waals surface area contributed by atoms with Crippen molar-refractivity contribution in [2.75, 3.05) is 0 Å². The molecule has 146 valence electrons. The quantitative estimate of drug-likeness (QED) is 0.282. The van der Waals surface area contributed by atoms with Gasteiger partial charge in [-0.3, -0.25) is 0 Å². The van der Waals surface area contributed by atoms with Crippen molar-refractivity contribution in [3.8, 4) is 34.2 Å². The molecule has 4 heteroatoms. The fourth-order valence-electron chi connectivity index (χ4n) is 2.92. The SMILES string of the molecule is [2H]c1c([2H])c([2H])c(-c2nc(-c3c([2H])c([2H])c([2H])c([2H])c3[2H])nc(-c3c([2H])c([2H])c([2H])c4c3[se]c3c([2H])c([2H])c([2H])c([2H])c34)n2)c([2H])c1[2H]. The summed E-state index contributed by atoms with van der Waals surface area (Å²) >= 11 is -1.02. The molecule has 0 amide bonds. The van der Waals surface area contributed by atoms with Crippen LogP contribution in [0.4, 0.5) is 0 Å². The standard InChI is InChI=1S/C27H17N3Se/c1-3-10-18(11-4-1)25-28-26(19-12-5-2-6-13-19)30-27(29-25)22-16-9-15-21-20-14-7-8-17-23(20)31-24(21)22/h1-17H/i1D,2D,3D,4D,5D,6D,7D,8D,9D,10D,11D,12D,13D,14D,15D,16D,17D. The third kappa shape index (κ3) is 3.27. The van der Waals surface area contributed by atoms with E-state index in [1.807, 2.05) is 0 Å². The van der Waals surface area contributed by atoms with Gasteiger partial charge in [0, 0.05) is 0 Å². The van der Waals surface area contributed by atoms with Gasteiger partial charge in [0.15, 0.2) is 0 Å². The van der Waals surface area contributed by atoms with Crippen molar-refractivity contribution >= 4 is 33.8 Å². The van der Waals surface area contributed by atoms with Crippen LogP contribution in [0.1, 0.15) is 23.3 Å². The Labute approximate surface area is 209 Å². The van der Waals surface area contributed by atoms with Crippen LogP contribution in [0.3, 0.4) is 0 Å². The molecule has 0 aliphatic rings. The first-order valence-electron chi connectivity index (χ1n) is 17.2. The van der Waals surface area contributed by atoms with Crippen LogP contribution in [0.25, 0.3) is 53.5 Å². The van der Waals surface area contributed by atoms with Crippen LogP contribution in [0.2, 0.25) is 0 Å². The Morgan fingerprint density at radius 3 is 1.74 bits per heavy atom. The molecule has 0 aliphatic carbocycles. The molecule has 0 aliphatic heterocycles. The van der Waals surface area contributed by atoms with E-state index in [1.54, 1.807) is 0 Å². The minimum absolute atomic E-state index is 0.0264. The zero-order valence-electron chi connectivity index (χ0n) is 32.2. The molecule has 6 rings (SSSR count). The number of fused-ring (bicyclic) bond motifs is 3. The minimum atomic E-state index is -1.02. The summed E-state index contributed by atoms with van der Waals surface area (Å²) in [6, 6.07) is -11.0. The summed E-state index contributed by atoms with van der Waals surface area (Å²) in [5, 5.41) is -0.0800. The van der Waals surface area contributed by atoms with Crippen LogP contribution in [0.15, 0.2) is 103 Å². The van der Waals surface area contributed by atoms with Gasteiger partial charge in [-0.25, -0.2) is 0 Å². The van der Waals surface area contributed by atoms with Gasteiger partial charge in [-0.2, -0.15) is 0 Å². The van der Waals surface area contributed by atoms with Crippen molar-refractivity contribution in [1.82, 2.24) is 15.0 Å². The van der Waals surface area contributed by atoms with Gasteiger partial charge in [0.2, 0.25) is 0 Å². The average molecular weight is 480 g/mol. The van der Waals surface area contributed by atoms with Gasteiger partial charge >= 0.3 is 209 Å². The first-order valence-corrected chi connectivity index (χ1v) is 10.5. The van der Waals surface area contributed by atoms with E-state index in [0.717, 1.165) is 0 Å². The van der Waals surface area contributed by atoms with Gasteiger partial charge in [0.1, 0.15) is 0 Å². The summed E-state index contributed by atoms with van der Waals surface area (Å²) in [5.41, 5.74) is -1.29. The molecular weight excluding hydrogens is 445 g/mol. The number of hydrogen-bond acceptors (Lipinski definition) is 3. The monoisotopic (exact) mass is 480 g/mol. The van der Waals surface area contributed by atoms with Crippen LogP contribution in [0, 0.1) is 0 Å². The van der Waals surface area contributed by atoms with Crippen LogP contribution in [-0.4, -0.2) is 29.5 Å². The molecule has 6 aromatic rings. The van der Waals surface area contributed by atoms with Gasteiger partial charge in [-0.1, -0.05) is 0 Å². The molecule has 0 fully saturated rings. The summed E-state index contributed by atoms with van der Waals surface area (Å²) in [7, 11) is 0. The van der Waals surface area contributed by atoms with Crippen molar-refractivity contribution in [2.24, 2.45) is 0 Å². The third-order valence-corrected chi connectivity index (χ3v) is 6.60. The molecule has 0 saturated carbocycles. The van der Waals surface area contributed by atoms with E-state index in [9.17, 15) is 0 Å². The zero-order valence-corrected chi connectivity index (χ0v) is 17.0. The molecular formula is C27H17N3Se. The van der Waals surface area contributed by atoms with Crippen LogP contribution < -0.4 is 0 Å². The van der Waals surface area contributed by atoms with Crippen molar-refractivity contribution in [2.45, 2.75) is 0 Å². The van der Waals surface area contributed by atoms with Gasteiger partial charge < -0.3 is 0 Å². The molecule has 0 saturated heterocycles. The molecule has 2 heterocycles. The molecule has 0 spiro atoms. The predicted octanol–water partition coefficient (Wildman–Crippen LogP) is 6.24. The molecule has 0 unspecified atom stereocenters. The van der Waals surface area contributed by atoms with Crippen molar-refractivity contribution in [3.05, 3.63) is 103 Å². The second kappa shape index (κ2) is 7.59. The number of benzene rings is 4. The molecule has 2 aromatic heterocycles. The molecule has 31 heavy (non-hydrogen) atoms. The molecule has 0 atom stereocenters. The Kier molecular flexibility index (Phi) is 1.92. The Bertz CT molecular complexity index is 2300. The molecule has 3 nitrogen and oxygen atoms in total. The fraction of sp³-hybridized carbons (Fsp3) is 0. The summed E-state index contributed by atoms with van der Waals surface area (Å²) in [4.78, 5) is 12.9. The van der Waals surface area contributed by atoms with Gasteiger partial charge in [0.25, 0.3) is 0 Å². The Morgan fingerprint density at radius 2 is 1.06 bits per heavy atom. The maximum atomic E-state index is 8.87. The van der Waals surface area contributed by atoms with Crippen LogP contribution in [0.5, 0.6) is 0 Å². The van der Waals surface area contributed by atoms with Crippen molar-refractivity contribution in [1.29, 1.82) is 0 Å². The van der Waals surface area contributed by atoms with E-state index in [0.29, 0.717) is 0 Å². The first kappa shape index (κ1) is 7.83. The number of rotatable bonds is 3. The van der Waals surface area contributed by atoms with Crippen molar-refractivity contribution < 1.29 is 23.3 Å². The molecule has 0 bridgehead atoms. The Balaban J connectivity index is 1.84. The Hall–Kier alpha value is -3.59. The van der Waals surface area contributed by atoms with E-state index in [2.05, 4.69) is 15.0 Å². The second-order valence-electron chi connectivity index (χ2n) is 6.07. The normalized spacial score (nSPS) is 18.9. The molecule has 0 radical (unpaired) electrons. The van der Waals surface area contributed by atoms with Gasteiger partial charge in [-0.05, 0) is 0 Å². The van der Waals surface area contributed by atoms with Crippen LogP contribution in [-0.2, 0) is 0 Å². The van der Waals surface area contributed by atoms with E-state index >= 15 is 0 Å². The summed E-state index contributed by atoms with van der Waals surface area (Å²) in [5.74, 6) is -1.64. The predicted molar refractivity (Wildman–Crippen MR) is 128 cm³/mol. The van der Waals surface area contributed by atoms with E-state index in [1.165, 1.54) is 0 Å².